The monoisotopic (exact) mass is 424 g/mol. The number of carboxylic acids is 1. The number of aromatic nitrogens is 3. The summed E-state index contributed by atoms with van der Waals surface area (Å²) in [5.41, 5.74) is 1.99. The second kappa shape index (κ2) is 7.23. The van der Waals surface area contributed by atoms with E-state index in [0.717, 1.165) is 28.3 Å². The highest BCUT2D eigenvalue weighted by atomic mass is 35.5. The van der Waals surface area contributed by atoms with Crippen molar-refractivity contribution in [3.63, 3.8) is 0 Å². The predicted octanol–water partition coefficient (Wildman–Crippen LogP) is 3.50. The lowest BCUT2D eigenvalue weighted by molar-refractivity contribution is 0.0697. The maximum atomic E-state index is 12.5. The van der Waals surface area contributed by atoms with E-state index in [0.29, 0.717) is 21.5 Å². The molecule has 4 aromatic rings. The summed E-state index contributed by atoms with van der Waals surface area (Å²) < 4.78 is 1.04. The minimum absolute atomic E-state index is 0.105. The van der Waals surface area contributed by atoms with Crippen LogP contribution in [0.15, 0.2) is 53.6 Å². The number of H-pyrrole nitrogens is 1. The van der Waals surface area contributed by atoms with E-state index in [1.54, 1.807) is 12.1 Å². The Kier molecular flexibility index (Phi) is 4.71. The van der Waals surface area contributed by atoms with Gasteiger partial charge < -0.3 is 20.1 Å². The van der Waals surface area contributed by atoms with E-state index < -0.39 is 11.5 Å². The number of hydrogen-bond acceptors (Lipinski definition) is 5. The van der Waals surface area contributed by atoms with Gasteiger partial charge in [0.2, 0.25) is 0 Å². The summed E-state index contributed by atoms with van der Waals surface area (Å²) in [5.74, 6) is -1.51. The molecule has 30 heavy (non-hydrogen) atoms. The fourth-order valence-electron chi connectivity index (χ4n) is 3.22. The number of rotatable bonds is 4. The molecule has 0 radical (unpaired) electrons. The average molecular weight is 425 g/mol. The van der Waals surface area contributed by atoms with Crippen LogP contribution in [0.5, 0.6) is 5.75 Å². The van der Waals surface area contributed by atoms with Gasteiger partial charge in [-0.25, -0.2) is 9.48 Å². The first-order valence-corrected chi connectivity index (χ1v) is 9.28. The molecule has 0 unspecified atom stereocenters. The molecule has 2 heterocycles. The largest absolute Gasteiger partial charge is 0.505 e. The molecule has 2 aromatic heterocycles. The second-order valence-corrected chi connectivity index (χ2v) is 7.36. The summed E-state index contributed by atoms with van der Waals surface area (Å²) in [6, 6.07) is 11.0. The second-order valence-electron chi connectivity index (χ2n) is 6.95. The van der Waals surface area contributed by atoms with Crippen LogP contribution in [0.3, 0.4) is 0 Å². The van der Waals surface area contributed by atoms with Crippen LogP contribution in [0.25, 0.3) is 27.7 Å². The Bertz CT molecular complexity index is 1340. The number of fused-ring (bicyclic) bond motifs is 1. The maximum Gasteiger partial charge on any atom is 0.338 e. The fraction of sp³-hybridized carbons (Fsp3) is 0.0952. The van der Waals surface area contributed by atoms with Gasteiger partial charge in [-0.05, 0) is 29.8 Å². The highest BCUT2D eigenvalue weighted by Gasteiger charge is 2.18. The summed E-state index contributed by atoms with van der Waals surface area (Å²) in [6.07, 6.45) is 2.26. The van der Waals surface area contributed by atoms with Gasteiger partial charge in [0.05, 0.1) is 22.3 Å². The summed E-state index contributed by atoms with van der Waals surface area (Å²) >= 11 is 6.44. The average Bonchev–Trinajstić information content (AvgIpc) is 3.18. The van der Waals surface area contributed by atoms with Gasteiger partial charge >= 0.3 is 5.97 Å². The van der Waals surface area contributed by atoms with E-state index in [2.05, 4.69) is 10.1 Å². The Labute approximate surface area is 175 Å². The van der Waals surface area contributed by atoms with Crippen LogP contribution in [-0.4, -0.2) is 45.0 Å². The third-order valence-electron chi connectivity index (χ3n) is 4.80. The van der Waals surface area contributed by atoms with Crippen LogP contribution < -0.4 is 10.5 Å². The molecule has 0 saturated heterocycles. The Morgan fingerprint density at radius 2 is 1.90 bits per heavy atom. The van der Waals surface area contributed by atoms with Crippen LogP contribution in [0.2, 0.25) is 5.02 Å². The topological polar surface area (TPSA) is 111 Å². The van der Waals surface area contributed by atoms with Crippen molar-refractivity contribution in [2.24, 2.45) is 0 Å². The number of anilines is 1. The predicted molar refractivity (Wildman–Crippen MR) is 115 cm³/mol. The number of aromatic amines is 1. The molecule has 8 nitrogen and oxygen atoms in total. The van der Waals surface area contributed by atoms with Crippen molar-refractivity contribution >= 4 is 34.2 Å². The van der Waals surface area contributed by atoms with Gasteiger partial charge in [0.25, 0.3) is 5.56 Å². The van der Waals surface area contributed by atoms with Crippen molar-refractivity contribution < 1.29 is 15.0 Å². The van der Waals surface area contributed by atoms with E-state index in [1.807, 2.05) is 43.3 Å². The van der Waals surface area contributed by atoms with E-state index in [-0.39, 0.29) is 17.0 Å². The Hall–Kier alpha value is -3.78. The molecule has 0 spiro atoms. The van der Waals surface area contributed by atoms with Gasteiger partial charge in [0.1, 0.15) is 0 Å². The molecule has 3 N–H and O–H groups in total. The molecule has 0 aliphatic heterocycles. The fourth-order valence-corrected chi connectivity index (χ4v) is 3.49. The number of nitrogens with zero attached hydrogens (tertiary/aromatic N) is 3. The molecule has 2 aromatic carbocycles. The van der Waals surface area contributed by atoms with Crippen LogP contribution in [0.1, 0.15) is 10.4 Å². The first-order chi connectivity index (χ1) is 14.3. The Balaban J connectivity index is 1.90. The van der Waals surface area contributed by atoms with Crippen LogP contribution in [0, 0.1) is 0 Å². The quantitative estimate of drug-likeness (QED) is 0.462. The molecular weight excluding hydrogens is 408 g/mol. The normalized spacial score (nSPS) is 11.0. The number of carboxylic acid groups (broad SMARTS) is 1. The molecule has 0 saturated carbocycles. The van der Waals surface area contributed by atoms with Gasteiger partial charge in [-0.15, -0.1) is 0 Å². The number of benzene rings is 2. The Morgan fingerprint density at radius 1 is 1.20 bits per heavy atom. The zero-order valence-electron chi connectivity index (χ0n) is 16.0. The molecule has 152 valence electrons. The zero-order valence-corrected chi connectivity index (χ0v) is 16.8. The van der Waals surface area contributed by atoms with Crippen molar-refractivity contribution in [1.29, 1.82) is 0 Å². The smallest absolute Gasteiger partial charge is 0.338 e. The van der Waals surface area contributed by atoms with Crippen molar-refractivity contribution in [2.75, 3.05) is 19.0 Å². The van der Waals surface area contributed by atoms with Crippen molar-refractivity contribution in [1.82, 2.24) is 14.8 Å². The van der Waals surface area contributed by atoms with Crippen molar-refractivity contribution in [2.45, 2.75) is 0 Å². The van der Waals surface area contributed by atoms with Gasteiger partial charge in [-0.3, -0.25) is 4.79 Å². The Morgan fingerprint density at radius 3 is 2.50 bits per heavy atom. The van der Waals surface area contributed by atoms with Crippen molar-refractivity contribution in [3.8, 4) is 22.6 Å². The highest BCUT2D eigenvalue weighted by molar-refractivity contribution is 6.34. The summed E-state index contributed by atoms with van der Waals surface area (Å²) in [7, 11) is 3.89. The number of halogens is 1. The van der Waals surface area contributed by atoms with Gasteiger partial charge in [-0.2, -0.15) is 5.10 Å². The first kappa shape index (κ1) is 19.5. The summed E-state index contributed by atoms with van der Waals surface area (Å²) in [4.78, 5) is 28.3. The van der Waals surface area contributed by atoms with E-state index in [1.165, 1.54) is 0 Å². The van der Waals surface area contributed by atoms with Crippen molar-refractivity contribution in [3.05, 3.63) is 69.7 Å². The molecule has 0 bridgehead atoms. The highest BCUT2D eigenvalue weighted by Crippen LogP contribution is 2.36. The lowest BCUT2D eigenvalue weighted by atomic mass is 10.0. The summed E-state index contributed by atoms with van der Waals surface area (Å²) in [6.45, 7) is 0. The molecule has 0 aliphatic carbocycles. The summed E-state index contributed by atoms with van der Waals surface area (Å²) in [5, 5.41) is 24.6. The molecule has 0 fully saturated rings. The van der Waals surface area contributed by atoms with Crippen LogP contribution >= 0.6 is 11.6 Å². The third kappa shape index (κ3) is 3.27. The third-order valence-corrected chi connectivity index (χ3v) is 5.12. The molecule has 0 aliphatic rings. The number of pyridine rings is 1. The lowest BCUT2D eigenvalue weighted by Gasteiger charge is -2.14. The molecule has 9 heteroatoms. The van der Waals surface area contributed by atoms with E-state index in [4.69, 9.17) is 16.7 Å². The van der Waals surface area contributed by atoms with Crippen LogP contribution in [-0.2, 0) is 0 Å². The van der Waals surface area contributed by atoms with E-state index in [9.17, 15) is 14.7 Å². The minimum atomic E-state index is -1.19. The standard InChI is InChI=1S/C21H17ClN4O4/c1-25(2)13-5-3-11(4-6-13)14-7-15-17(8-16(14)22)24-20(28)18(19(15)27)26-10-12(9-23-26)21(29)30/h3-10H,1-2H3,(H,29,30)(H2,24,27,28). The lowest BCUT2D eigenvalue weighted by Crippen LogP contribution is -2.15. The molecule has 0 atom stereocenters. The molecule has 0 amide bonds. The number of aromatic hydroxyl groups is 1. The SMILES string of the molecule is CN(C)c1ccc(-c2cc3c(O)c(-n4cc(C(=O)O)cn4)c(=O)[nH]c3cc2Cl)cc1. The van der Waals surface area contributed by atoms with E-state index >= 15 is 0 Å². The maximum absolute atomic E-state index is 12.5. The first-order valence-electron chi connectivity index (χ1n) is 8.91. The number of aromatic carboxylic acids is 1. The van der Waals surface area contributed by atoms with Gasteiger partial charge in [0.15, 0.2) is 11.4 Å². The zero-order chi connectivity index (χ0) is 21.6. The van der Waals surface area contributed by atoms with Gasteiger partial charge in [0, 0.05) is 36.9 Å². The van der Waals surface area contributed by atoms with Crippen LogP contribution in [0.4, 0.5) is 5.69 Å². The number of nitrogens with one attached hydrogen (secondary N) is 1. The van der Waals surface area contributed by atoms with Gasteiger partial charge in [-0.1, -0.05) is 23.7 Å². The number of hydrogen-bond donors (Lipinski definition) is 3. The molecular formula is C21H17ClN4O4. The number of carbonyl (C=O) groups is 1. The molecule has 4 rings (SSSR count). The minimum Gasteiger partial charge on any atom is -0.505 e.